The van der Waals surface area contributed by atoms with Crippen LogP contribution < -0.4 is 0 Å². The molecule has 2 aromatic heterocycles. The Labute approximate surface area is 127 Å². The zero-order valence-corrected chi connectivity index (χ0v) is 12.8. The van der Waals surface area contributed by atoms with E-state index in [-0.39, 0.29) is 0 Å². The Balaban J connectivity index is 1.56. The number of nitrogens with zero attached hydrogens (tertiary/aromatic N) is 5. The molecule has 0 unspecified atom stereocenters. The monoisotopic (exact) mass is 299 g/mol. The second kappa shape index (κ2) is 5.20. The fourth-order valence-corrected chi connectivity index (χ4v) is 3.64. The summed E-state index contributed by atoms with van der Waals surface area (Å²) in [5.74, 6) is 1.10. The van der Waals surface area contributed by atoms with E-state index in [0.717, 1.165) is 37.4 Å². The van der Waals surface area contributed by atoms with E-state index in [9.17, 15) is 0 Å². The van der Waals surface area contributed by atoms with Gasteiger partial charge in [0.1, 0.15) is 12.2 Å². The average Bonchev–Trinajstić information content (AvgIpc) is 3.11. The van der Waals surface area contributed by atoms with Crippen molar-refractivity contribution in [2.75, 3.05) is 13.1 Å². The van der Waals surface area contributed by atoms with E-state index in [1.54, 1.807) is 11.3 Å². The Kier molecular flexibility index (Phi) is 3.20. The van der Waals surface area contributed by atoms with Crippen LogP contribution in [0.2, 0.25) is 0 Å². The van der Waals surface area contributed by atoms with Gasteiger partial charge in [-0.1, -0.05) is 6.07 Å². The van der Waals surface area contributed by atoms with E-state index in [1.807, 2.05) is 11.8 Å². The fourth-order valence-electron chi connectivity index (χ4n) is 2.98. The molecule has 3 heterocycles. The van der Waals surface area contributed by atoms with Crippen LogP contribution in [0.25, 0.3) is 10.2 Å². The highest BCUT2D eigenvalue weighted by Gasteiger charge is 2.20. The van der Waals surface area contributed by atoms with Crippen molar-refractivity contribution in [1.82, 2.24) is 24.6 Å². The minimum atomic E-state index is 0.397. The van der Waals surface area contributed by atoms with Crippen LogP contribution in [0.1, 0.15) is 24.4 Å². The first-order valence-corrected chi connectivity index (χ1v) is 8.13. The zero-order chi connectivity index (χ0) is 14.2. The van der Waals surface area contributed by atoms with Crippen LogP contribution in [0.3, 0.4) is 0 Å². The Morgan fingerprint density at radius 1 is 1.24 bits per heavy atom. The maximum Gasteiger partial charge on any atom is 0.134 e. The van der Waals surface area contributed by atoms with Gasteiger partial charge in [0, 0.05) is 32.1 Å². The standard InChI is InChI=1S/C15H17N5S/c1-11(12-2-3-14-13(8-12)16-10-21-14)19-5-4-15-18-17-9-20(15)7-6-19/h2-3,8-11H,4-7H2,1H3/t11-/m1/s1. The van der Waals surface area contributed by atoms with E-state index in [4.69, 9.17) is 0 Å². The molecule has 0 bridgehead atoms. The predicted molar refractivity (Wildman–Crippen MR) is 83.3 cm³/mol. The van der Waals surface area contributed by atoms with Gasteiger partial charge in [-0.2, -0.15) is 0 Å². The molecule has 0 fully saturated rings. The summed E-state index contributed by atoms with van der Waals surface area (Å²) < 4.78 is 3.42. The van der Waals surface area contributed by atoms with E-state index >= 15 is 0 Å². The number of aromatic nitrogens is 4. The minimum Gasteiger partial charge on any atom is -0.316 e. The van der Waals surface area contributed by atoms with Crippen LogP contribution in [0.15, 0.2) is 30.0 Å². The molecule has 0 aliphatic carbocycles. The Hall–Kier alpha value is -1.79. The molecule has 1 aliphatic heterocycles. The summed E-state index contributed by atoms with van der Waals surface area (Å²) >= 11 is 1.70. The van der Waals surface area contributed by atoms with Gasteiger partial charge < -0.3 is 4.57 Å². The smallest absolute Gasteiger partial charge is 0.134 e. The van der Waals surface area contributed by atoms with Crippen LogP contribution in [-0.4, -0.2) is 37.7 Å². The SMILES string of the molecule is C[C@H](c1ccc2scnc2c1)N1CCc2nncn2CC1. The van der Waals surface area contributed by atoms with Crippen molar-refractivity contribution in [2.45, 2.75) is 25.9 Å². The molecule has 4 rings (SSSR count). The van der Waals surface area contributed by atoms with Gasteiger partial charge >= 0.3 is 0 Å². The van der Waals surface area contributed by atoms with Gasteiger partial charge in [0.25, 0.3) is 0 Å². The van der Waals surface area contributed by atoms with Crippen molar-refractivity contribution in [3.8, 4) is 0 Å². The van der Waals surface area contributed by atoms with Gasteiger partial charge in [0.2, 0.25) is 0 Å². The van der Waals surface area contributed by atoms with E-state index in [0.29, 0.717) is 6.04 Å². The van der Waals surface area contributed by atoms with Gasteiger partial charge in [-0.3, -0.25) is 4.90 Å². The molecule has 5 nitrogen and oxygen atoms in total. The maximum atomic E-state index is 4.43. The molecular weight excluding hydrogens is 282 g/mol. The third kappa shape index (κ3) is 2.34. The number of thiazole rings is 1. The van der Waals surface area contributed by atoms with Gasteiger partial charge in [-0.05, 0) is 24.6 Å². The number of hydrogen-bond acceptors (Lipinski definition) is 5. The first kappa shape index (κ1) is 12.9. The third-order valence-corrected chi connectivity index (χ3v) is 5.14. The van der Waals surface area contributed by atoms with E-state index in [1.165, 1.54) is 10.3 Å². The minimum absolute atomic E-state index is 0.397. The van der Waals surface area contributed by atoms with Crippen LogP contribution in [0, 0.1) is 0 Å². The van der Waals surface area contributed by atoms with Crippen LogP contribution >= 0.6 is 11.3 Å². The summed E-state index contributed by atoms with van der Waals surface area (Å²) in [4.78, 5) is 6.94. The highest BCUT2D eigenvalue weighted by molar-refractivity contribution is 7.16. The second-order valence-corrected chi connectivity index (χ2v) is 6.37. The highest BCUT2D eigenvalue weighted by atomic mass is 32.1. The first-order chi connectivity index (χ1) is 10.3. The summed E-state index contributed by atoms with van der Waals surface area (Å²) in [6.45, 7) is 5.29. The van der Waals surface area contributed by atoms with Crippen molar-refractivity contribution in [1.29, 1.82) is 0 Å². The largest absolute Gasteiger partial charge is 0.316 e. The lowest BCUT2D eigenvalue weighted by atomic mass is 10.1. The molecule has 0 amide bonds. The van der Waals surface area contributed by atoms with Crippen molar-refractivity contribution >= 4 is 21.6 Å². The molecule has 108 valence electrons. The number of fused-ring (bicyclic) bond motifs is 2. The molecule has 3 aromatic rings. The third-order valence-electron chi connectivity index (χ3n) is 4.33. The number of rotatable bonds is 2. The number of hydrogen-bond donors (Lipinski definition) is 0. The molecular formula is C15H17N5S. The summed E-state index contributed by atoms with van der Waals surface area (Å²) in [6, 6.07) is 7.04. The molecule has 0 saturated heterocycles. The summed E-state index contributed by atoms with van der Waals surface area (Å²) in [7, 11) is 0. The van der Waals surface area contributed by atoms with Crippen LogP contribution in [0.5, 0.6) is 0 Å². The molecule has 0 saturated carbocycles. The Bertz CT molecular complexity index is 740. The van der Waals surface area contributed by atoms with Gasteiger partial charge in [-0.25, -0.2) is 4.98 Å². The van der Waals surface area contributed by atoms with Crippen LogP contribution in [-0.2, 0) is 13.0 Å². The molecule has 1 aromatic carbocycles. The van der Waals surface area contributed by atoms with E-state index < -0.39 is 0 Å². The van der Waals surface area contributed by atoms with Crippen LogP contribution in [0.4, 0.5) is 0 Å². The maximum absolute atomic E-state index is 4.43. The predicted octanol–water partition coefficient (Wildman–Crippen LogP) is 2.51. The Morgan fingerprint density at radius 3 is 3.14 bits per heavy atom. The summed E-state index contributed by atoms with van der Waals surface area (Å²) in [6.07, 6.45) is 2.80. The van der Waals surface area contributed by atoms with Crippen molar-refractivity contribution in [2.24, 2.45) is 0 Å². The Morgan fingerprint density at radius 2 is 2.19 bits per heavy atom. The molecule has 1 atom stereocenters. The van der Waals surface area contributed by atoms with E-state index in [2.05, 4.69) is 49.8 Å². The average molecular weight is 299 g/mol. The lowest BCUT2D eigenvalue weighted by Crippen LogP contribution is -2.30. The molecule has 0 spiro atoms. The van der Waals surface area contributed by atoms with Crippen molar-refractivity contribution < 1.29 is 0 Å². The quantitative estimate of drug-likeness (QED) is 0.729. The summed E-state index contributed by atoms with van der Waals surface area (Å²) in [5.41, 5.74) is 4.36. The first-order valence-electron chi connectivity index (χ1n) is 7.25. The topological polar surface area (TPSA) is 46.8 Å². The van der Waals surface area contributed by atoms with Gasteiger partial charge in [-0.15, -0.1) is 21.5 Å². The number of benzene rings is 1. The van der Waals surface area contributed by atoms with Gasteiger partial charge in [0.05, 0.1) is 15.7 Å². The van der Waals surface area contributed by atoms with Crippen molar-refractivity contribution in [3.63, 3.8) is 0 Å². The molecule has 0 N–H and O–H groups in total. The molecule has 0 radical (unpaired) electrons. The lowest BCUT2D eigenvalue weighted by Gasteiger charge is -2.27. The highest BCUT2D eigenvalue weighted by Crippen LogP contribution is 2.26. The van der Waals surface area contributed by atoms with Crippen molar-refractivity contribution in [3.05, 3.63) is 41.4 Å². The lowest BCUT2D eigenvalue weighted by molar-refractivity contribution is 0.215. The normalized spacial score (nSPS) is 17.6. The second-order valence-electron chi connectivity index (χ2n) is 5.48. The zero-order valence-electron chi connectivity index (χ0n) is 11.9. The fraction of sp³-hybridized carbons (Fsp3) is 0.400. The molecule has 1 aliphatic rings. The molecule has 6 heteroatoms. The van der Waals surface area contributed by atoms with Gasteiger partial charge in [0.15, 0.2) is 0 Å². The summed E-state index contributed by atoms with van der Waals surface area (Å²) in [5, 5.41) is 8.18. The molecule has 21 heavy (non-hydrogen) atoms.